The van der Waals surface area contributed by atoms with Crippen LogP contribution in [0.1, 0.15) is 37.7 Å². The number of rotatable bonds is 5. The minimum Gasteiger partial charge on any atom is -0.461 e. The molecule has 2 aromatic carbocycles. The predicted octanol–water partition coefficient (Wildman–Crippen LogP) is 5.81. The molecular formula is C34H30F4N6O. The van der Waals surface area contributed by atoms with Gasteiger partial charge in [-0.2, -0.15) is 18.7 Å². The fraction of sp³-hybridized carbons (Fsp3) is 0.382. The molecule has 3 atom stereocenters. The van der Waals surface area contributed by atoms with E-state index in [1.165, 1.54) is 6.07 Å². The quantitative estimate of drug-likeness (QED) is 0.225. The molecule has 0 spiro atoms. The molecule has 4 aliphatic heterocycles. The number of hydrogen-bond donors (Lipinski definition) is 1. The first-order chi connectivity index (χ1) is 21.8. The minimum absolute atomic E-state index is 0.0177. The first-order valence-corrected chi connectivity index (χ1v) is 15.3. The summed E-state index contributed by atoms with van der Waals surface area (Å²) in [6.45, 7) is 2.40. The molecule has 4 saturated heterocycles. The summed E-state index contributed by atoms with van der Waals surface area (Å²) in [7, 11) is 0. The predicted molar refractivity (Wildman–Crippen MR) is 163 cm³/mol. The highest BCUT2D eigenvalue weighted by atomic mass is 19.3. The number of terminal acetylenes is 1. The Bertz CT molecular complexity index is 1930. The normalized spacial score (nSPS) is 24.4. The number of anilines is 1. The van der Waals surface area contributed by atoms with Gasteiger partial charge in [0.1, 0.15) is 29.5 Å². The third-order valence-electron chi connectivity index (χ3n) is 9.96. The van der Waals surface area contributed by atoms with Gasteiger partial charge in [-0.25, -0.2) is 8.78 Å². The Balaban J connectivity index is 1.25. The lowest BCUT2D eigenvalue weighted by Gasteiger charge is -2.34. The number of fused-ring (bicyclic) bond motifs is 5. The van der Waals surface area contributed by atoms with Gasteiger partial charge in [0.2, 0.25) is 0 Å². The number of nitrogens with one attached hydrogen (secondary N) is 1. The summed E-state index contributed by atoms with van der Waals surface area (Å²) in [5.74, 6) is 1.65. The maximum Gasteiger partial charge on any atom is 0.319 e. The van der Waals surface area contributed by atoms with E-state index in [0.717, 1.165) is 19.3 Å². The van der Waals surface area contributed by atoms with Gasteiger partial charge in [-0.05, 0) is 50.1 Å². The Labute approximate surface area is 257 Å². The molecule has 0 aliphatic carbocycles. The van der Waals surface area contributed by atoms with Crippen LogP contribution >= 0.6 is 0 Å². The Morgan fingerprint density at radius 1 is 1.11 bits per heavy atom. The topological polar surface area (TPSA) is 66.4 Å². The van der Waals surface area contributed by atoms with Crippen molar-refractivity contribution in [3.05, 3.63) is 65.4 Å². The standard InChI is InChI=1S/C34H30F4N6O/c1-2-23-26(35)10-7-19-5-3-6-24(27(19)23)29-28(36)30-25(14-39-29)32(43-16-21-8-9-22(17-43)40-21)42-33(41-30)45-18-34-11-4-12-44(34)15-20(13-34)31(37)38/h1,3,5-7,10,14,21-22,40H,4,8-9,11-13,15-18H2/t21?,22?,34-/m1/s1. The monoisotopic (exact) mass is 614 g/mol. The van der Waals surface area contributed by atoms with E-state index in [2.05, 4.69) is 26.1 Å². The van der Waals surface area contributed by atoms with E-state index in [1.807, 2.05) is 4.90 Å². The van der Waals surface area contributed by atoms with E-state index in [9.17, 15) is 13.2 Å². The Morgan fingerprint density at radius 2 is 1.93 bits per heavy atom. The highest BCUT2D eigenvalue weighted by molar-refractivity contribution is 6.02. The lowest BCUT2D eigenvalue weighted by molar-refractivity contribution is 0.108. The van der Waals surface area contributed by atoms with E-state index in [1.54, 1.807) is 30.5 Å². The van der Waals surface area contributed by atoms with Crippen molar-refractivity contribution in [2.24, 2.45) is 0 Å². The molecule has 2 aromatic heterocycles. The van der Waals surface area contributed by atoms with Crippen molar-refractivity contribution in [1.82, 2.24) is 25.2 Å². The molecule has 0 saturated carbocycles. The number of piperazine rings is 1. The summed E-state index contributed by atoms with van der Waals surface area (Å²) < 4.78 is 64.9. The molecule has 2 bridgehead atoms. The molecule has 11 heteroatoms. The second-order valence-electron chi connectivity index (χ2n) is 12.6. The molecule has 6 heterocycles. The van der Waals surface area contributed by atoms with Crippen molar-refractivity contribution in [1.29, 1.82) is 0 Å². The molecule has 8 rings (SSSR count). The molecule has 45 heavy (non-hydrogen) atoms. The Morgan fingerprint density at radius 3 is 2.71 bits per heavy atom. The number of pyridine rings is 1. The highest BCUT2D eigenvalue weighted by Gasteiger charge is 2.48. The van der Waals surface area contributed by atoms with Crippen molar-refractivity contribution in [3.8, 4) is 29.6 Å². The number of benzene rings is 2. The van der Waals surface area contributed by atoms with E-state index >= 15 is 4.39 Å². The van der Waals surface area contributed by atoms with Crippen LogP contribution in [0.25, 0.3) is 32.9 Å². The molecule has 0 amide bonds. The number of ether oxygens (including phenoxy) is 1. The summed E-state index contributed by atoms with van der Waals surface area (Å²) in [6, 6.07) is 8.64. The molecule has 1 N–H and O–H groups in total. The van der Waals surface area contributed by atoms with Crippen molar-refractivity contribution >= 4 is 27.5 Å². The maximum absolute atomic E-state index is 16.7. The zero-order chi connectivity index (χ0) is 30.9. The minimum atomic E-state index is -1.63. The van der Waals surface area contributed by atoms with Gasteiger partial charge in [0, 0.05) is 54.4 Å². The average Bonchev–Trinajstić information content (AvgIpc) is 3.71. The molecule has 0 radical (unpaired) electrons. The number of halogens is 4. The van der Waals surface area contributed by atoms with Gasteiger partial charge in [-0.3, -0.25) is 9.88 Å². The van der Waals surface area contributed by atoms with Crippen LogP contribution in [0.15, 0.2) is 48.2 Å². The van der Waals surface area contributed by atoms with Crippen molar-refractivity contribution in [3.63, 3.8) is 0 Å². The van der Waals surface area contributed by atoms with Crippen LogP contribution in [0.5, 0.6) is 6.01 Å². The molecule has 4 aliphatic rings. The zero-order valence-electron chi connectivity index (χ0n) is 24.4. The number of nitrogens with zero attached hydrogens (tertiary/aromatic N) is 5. The average molecular weight is 615 g/mol. The van der Waals surface area contributed by atoms with Crippen molar-refractivity contribution in [2.75, 3.05) is 37.7 Å². The van der Waals surface area contributed by atoms with Crippen LogP contribution in [0.2, 0.25) is 0 Å². The summed E-state index contributed by atoms with van der Waals surface area (Å²) in [5.41, 5.74) is -0.0648. The van der Waals surface area contributed by atoms with Crippen LogP contribution in [0.4, 0.5) is 23.4 Å². The van der Waals surface area contributed by atoms with E-state index < -0.39 is 23.3 Å². The Kier molecular flexibility index (Phi) is 6.69. The van der Waals surface area contributed by atoms with Gasteiger partial charge in [-0.1, -0.05) is 30.2 Å². The van der Waals surface area contributed by atoms with Crippen LogP contribution < -0.4 is 15.0 Å². The summed E-state index contributed by atoms with van der Waals surface area (Å²) in [4.78, 5) is 18.0. The van der Waals surface area contributed by atoms with Crippen LogP contribution in [0.3, 0.4) is 0 Å². The van der Waals surface area contributed by atoms with Gasteiger partial charge < -0.3 is 15.0 Å². The van der Waals surface area contributed by atoms with Gasteiger partial charge >= 0.3 is 6.01 Å². The molecule has 7 nitrogen and oxygen atoms in total. The maximum atomic E-state index is 16.7. The third-order valence-corrected chi connectivity index (χ3v) is 9.96. The van der Waals surface area contributed by atoms with E-state index in [0.29, 0.717) is 53.6 Å². The van der Waals surface area contributed by atoms with E-state index in [-0.39, 0.29) is 60.0 Å². The van der Waals surface area contributed by atoms with Crippen molar-refractivity contribution < 1.29 is 22.3 Å². The van der Waals surface area contributed by atoms with Crippen LogP contribution in [-0.4, -0.2) is 70.3 Å². The second kappa shape index (κ2) is 10.7. The summed E-state index contributed by atoms with van der Waals surface area (Å²) in [5, 5.41) is 5.08. The fourth-order valence-electron chi connectivity index (χ4n) is 7.84. The van der Waals surface area contributed by atoms with E-state index in [4.69, 9.17) is 16.1 Å². The second-order valence-corrected chi connectivity index (χ2v) is 12.6. The van der Waals surface area contributed by atoms with Gasteiger partial charge in [0.15, 0.2) is 5.82 Å². The molecule has 4 aromatic rings. The number of hydrogen-bond acceptors (Lipinski definition) is 7. The molecule has 230 valence electrons. The lowest BCUT2D eigenvalue weighted by Crippen LogP contribution is -2.51. The molecule has 2 unspecified atom stereocenters. The number of aromatic nitrogens is 3. The summed E-state index contributed by atoms with van der Waals surface area (Å²) in [6.07, 6.45) is 9.50. The Hall–Kier alpha value is -4.27. The SMILES string of the molecule is C#Cc1c(F)ccc2cccc(-c3ncc4c(N5CC6CCC(C5)N6)nc(OC[C@]56CCCN5CC(=C(F)F)C6)nc4c3F)c12. The molecular weight excluding hydrogens is 584 g/mol. The van der Waals surface area contributed by atoms with Crippen LogP contribution in [-0.2, 0) is 0 Å². The first-order valence-electron chi connectivity index (χ1n) is 15.3. The fourth-order valence-corrected chi connectivity index (χ4v) is 7.84. The van der Waals surface area contributed by atoms with Gasteiger partial charge in [0.05, 0.1) is 16.5 Å². The van der Waals surface area contributed by atoms with Crippen molar-refractivity contribution in [2.45, 2.75) is 49.7 Å². The zero-order valence-corrected chi connectivity index (χ0v) is 24.4. The van der Waals surface area contributed by atoms with Gasteiger partial charge in [0.25, 0.3) is 6.08 Å². The lowest BCUT2D eigenvalue weighted by atomic mass is 9.94. The highest BCUT2D eigenvalue weighted by Crippen LogP contribution is 2.43. The largest absolute Gasteiger partial charge is 0.461 e. The van der Waals surface area contributed by atoms with Crippen LogP contribution in [0, 0.1) is 24.0 Å². The smallest absolute Gasteiger partial charge is 0.319 e. The molecule has 4 fully saturated rings. The third kappa shape index (κ3) is 4.61. The summed E-state index contributed by atoms with van der Waals surface area (Å²) >= 11 is 0. The van der Waals surface area contributed by atoms with Gasteiger partial charge in [-0.15, -0.1) is 6.42 Å². The first kappa shape index (κ1) is 28.2.